The highest BCUT2D eigenvalue weighted by atomic mass is 32.2. The third-order valence-electron chi connectivity index (χ3n) is 2.60. The number of carbonyl (C=O) groups excluding carboxylic acids is 2. The molecule has 8 heteroatoms. The topological polar surface area (TPSA) is 98.0 Å². The van der Waals surface area contributed by atoms with Crippen LogP contribution in [-0.4, -0.2) is 27.2 Å². The summed E-state index contributed by atoms with van der Waals surface area (Å²) in [5.74, 6) is -0.482. The van der Waals surface area contributed by atoms with E-state index in [2.05, 4.69) is 14.9 Å². The SMILES string of the molecule is CCc1nnsc1C(=O)Nc1ccccc1SCC(N)=O. The third kappa shape index (κ3) is 4.02. The molecule has 2 amide bonds. The van der Waals surface area contributed by atoms with Crippen LogP contribution in [0, 0.1) is 0 Å². The summed E-state index contributed by atoms with van der Waals surface area (Å²) in [5, 5.41) is 6.75. The van der Waals surface area contributed by atoms with Gasteiger partial charge in [-0.3, -0.25) is 9.59 Å². The Morgan fingerprint density at radius 1 is 1.38 bits per heavy atom. The van der Waals surface area contributed by atoms with Gasteiger partial charge in [0, 0.05) is 4.90 Å². The summed E-state index contributed by atoms with van der Waals surface area (Å²) in [6, 6.07) is 7.26. The van der Waals surface area contributed by atoms with Crippen molar-refractivity contribution in [2.75, 3.05) is 11.1 Å². The number of primary amides is 1. The number of aryl methyl sites for hydroxylation is 1. The third-order valence-corrected chi connectivity index (χ3v) is 4.46. The Kier molecular flexibility index (Phi) is 5.29. The van der Waals surface area contributed by atoms with Gasteiger partial charge in [0.1, 0.15) is 4.88 Å². The lowest BCUT2D eigenvalue weighted by Crippen LogP contribution is -2.15. The molecule has 0 fully saturated rings. The number of amides is 2. The molecular weight excluding hydrogens is 308 g/mol. The molecule has 0 radical (unpaired) electrons. The van der Waals surface area contributed by atoms with Gasteiger partial charge in [0.2, 0.25) is 5.91 Å². The predicted molar refractivity (Wildman–Crippen MR) is 83.6 cm³/mol. The summed E-state index contributed by atoms with van der Waals surface area (Å²) < 4.78 is 3.80. The molecule has 0 unspecified atom stereocenters. The van der Waals surface area contributed by atoms with E-state index in [1.807, 2.05) is 25.1 Å². The molecule has 2 aromatic rings. The number of para-hydroxylation sites is 1. The molecule has 0 aliphatic heterocycles. The van der Waals surface area contributed by atoms with E-state index in [0.29, 0.717) is 22.7 Å². The fourth-order valence-corrected chi connectivity index (χ4v) is 3.03. The average molecular weight is 322 g/mol. The molecule has 1 aromatic heterocycles. The molecule has 3 N–H and O–H groups in total. The zero-order valence-electron chi connectivity index (χ0n) is 11.3. The Hall–Kier alpha value is -1.93. The average Bonchev–Trinajstić information content (AvgIpc) is 2.94. The van der Waals surface area contributed by atoms with Crippen LogP contribution >= 0.6 is 23.3 Å². The van der Waals surface area contributed by atoms with Gasteiger partial charge in [-0.05, 0) is 30.1 Å². The second-order valence-electron chi connectivity index (χ2n) is 4.11. The highest BCUT2D eigenvalue weighted by Gasteiger charge is 2.16. The molecule has 0 saturated carbocycles. The van der Waals surface area contributed by atoms with Crippen molar-refractivity contribution in [1.29, 1.82) is 0 Å². The van der Waals surface area contributed by atoms with Gasteiger partial charge in [0.15, 0.2) is 0 Å². The fraction of sp³-hybridized carbons (Fsp3) is 0.231. The van der Waals surface area contributed by atoms with Crippen molar-refractivity contribution in [1.82, 2.24) is 9.59 Å². The Morgan fingerprint density at radius 2 is 2.14 bits per heavy atom. The molecule has 0 aliphatic rings. The Balaban J connectivity index is 2.15. The van der Waals surface area contributed by atoms with Gasteiger partial charge in [-0.25, -0.2) is 0 Å². The number of nitrogens with two attached hydrogens (primary N) is 1. The van der Waals surface area contributed by atoms with Crippen LogP contribution < -0.4 is 11.1 Å². The van der Waals surface area contributed by atoms with Crippen molar-refractivity contribution in [2.24, 2.45) is 5.73 Å². The van der Waals surface area contributed by atoms with Gasteiger partial charge < -0.3 is 11.1 Å². The summed E-state index contributed by atoms with van der Waals surface area (Å²) in [7, 11) is 0. The number of hydrogen-bond acceptors (Lipinski definition) is 6. The zero-order chi connectivity index (χ0) is 15.2. The lowest BCUT2D eigenvalue weighted by atomic mass is 10.2. The van der Waals surface area contributed by atoms with E-state index in [1.165, 1.54) is 11.8 Å². The predicted octanol–water partition coefficient (Wildman–Crippen LogP) is 1.93. The molecular formula is C13H14N4O2S2. The number of benzene rings is 1. The molecule has 1 aromatic carbocycles. The molecule has 0 spiro atoms. The molecule has 1 heterocycles. The molecule has 21 heavy (non-hydrogen) atoms. The first-order valence-corrected chi connectivity index (χ1v) is 8.00. The number of thioether (sulfide) groups is 1. The van der Waals surface area contributed by atoms with Crippen molar-refractivity contribution in [3.05, 3.63) is 34.8 Å². The van der Waals surface area contributed by atoms with Crippen LogP contribution in [0.15, 0.2) is 29.2 Å². The second-order valence-corrected chi connectivity index (χ2v) is 5.88. The summed E-state index contributed by atoms with van der Waals surface area (Å²) in [6.07, 6.45) is 0.650. The van der Waals surface area contributed by atoms with Crippen LogP contribution in [0.25, 0.3) is 0 Å². The summed E-state index contributed by atoms with van der Waals surface area (Å²) >= 11 is 2.36. The molecule has 0 atom stereocenters. The van der Waals surface area contributed by atoms with Gasteiger partial charge in [-0.2, -0.15) is 0 Å². The largest absolute Gasteiger partial charge is 0.369 e. The highest BCUT2D eigenvalue weighted by Crippen LogP contribution is 2.27. The molecule has 0 saturated heterocycles. The van der Waals surface area contributed by atoms with Crippen LogP contribution in [0.2, 0.25) is 0 Å². The first-order valence-electron chi connectivity index (χ1n) is 6.24. The number of nitrogens with one attached hydrogen (secondary N) is 1. The van der Waals surface area contributed by atoms with Gasteiger partial charge >= 0.3 is 0 Å². The van der Waals surface area contributed by atoms with E-state index in [0.717, 1.165) is 16.4 Å². The van der Waals surface area contributed by atoms with E-state index in [4.69, 9.17) is 5.73 Å². The normalized spacial score (nSPS) is 10.3. The minimum atomic E-state index is -0.402. The van der Waals surface area contributed by atoms with Gasteiger partial charge in [-0.1, -0.05) is 23.5 Å². The lowest BCUT2D eigenvalue weighted by molar-refractivity contribution is -0.115. The summed E-state index contributed by atoms with van der Waals surface area (Å²) in [5.41, 5.74) is 6.47. The monoisotopic (exact) mass is 322 g/mol. The minimum absolute atomic E-state index is 0.162. The van der Waals surface area contributed by atoms with Crippen molar-refractivity contribution in [2.45, 2.75) is 18.2 Å². The number of carbonyl (C=O) groups is 2. The Labute approximate surface area is 130 Å². The van der Waals surface area contributed by atoms with Crippen molar-refractivity contribution < 1.29 is 9.59 Å². The van der Waals surface area contributed by atoms with Crippen LogP contribution in [0.3, 0.4) is 0 Å². The number of anilines is 1. The van der Waals surface area contributed by atoms with Crippen LogP contribution in [0.1, 0.15) is 22.3 Å². The summed E-state index contributed by atoms with van der Waals surface area (Å²) in [6.45, 7) is 1.92. The van der Waals surface area contributed by atoms with Gasteiger partial charge in [0.05, 0.1) is 17.1 Å². The number of rotatable bonds is 6. The molecule has 6 nitrogen and oxygen atoms in total. The van der Waals surface area contributed by atoms with E-state index in [-0.39, 0.29) is 11.7 Å². The van der Waals surface area contributed by atoms with Gasteiger partial charge in [0.25, 0.3) is 5.91 Å². The Bertz CT molecular complexity index is 657. The maximum Gasteiger partial charge on any atom is 0.269 e. The van der Waals surface area contributed by atoms with Crippen LogP contribution in [0.4, 0.5) is 5.69 Å². The maximum absolute atomic E-state index is 12.3. The van der Waals surface area contributed by atoms with Crippen LogP contribution in [0.5, 0.6) is 0 Å². The van der Waals surface area contributed by atoms with E-state index >= 15 is 0 Å². The van der Waals surface area contributed by atoms with Gasteiger partial charge in [-0.15, -0.1) is 16.9 Å². The van der Waals surface area contributed by atoms with Crippen molar-refractivity contribution in [3.63, 3.8) is 0 Å². The zero-order valence-corrected chi connectivity index (χ0v) is 13.0. The smallest absolute Gasteiger partial charge is 0.269 e. The van der Waals surface area contributed by atoms with E-state index in [9.17, 15) is 9.59 Å². The molecule has 110 valence electrons. The minimum Gasteiger partial charge on any atom is -0.369 e. The highest BCUT2D eigenvalue weighted by molar-refractivity contribution is 8.00. The fourth-order valence-electron chi connectivity index (χ4n) is 1.64. The molecule has 0 aliphatic carbocycles. The first kappa shape index (κ1) is 15.5. The number of nitrogens with zero attached hydrogens (tertiary/aromatic N) is 2. The van der Waals surface area contributed by atoms with Crippen LogP contribution in [-0.2, 0) is 11.2 Å². The molecule has 0 bridgehead atoms. The van der Waals surface area contributed by atoms with E-state index < -0.39 is 5.91 Å². The summed E-state index contributed by atoms with van der Waals surface area (Å²) in [4.78, 5) is 24.4. The van der Waals surface area contributed by atoms with Crippen molar-refractivity contribution >= 4 is 40.8 Å². The standard InChI is InChI=1S/C13H14N4O2S2/c1-2-8-12(21-17-16-8)13(19)15-9-5-3-4-6-10(9)20-7-11(14)18/h3-6H,2,7H2,1H3,(H2,14,18)(H,15,19). The van der Waals surface area contributed by atoms with Crippen molar-refractivity contribution in [3.8, 4) is 0 Å². The molecule has 2 rings (SSSR count). The first-order chi connectivity index (χ1) is 10.1. The number of aromatic nitrogens is 2. The Morgan fingerprint density at radius 3 is 2.86 bits per heavy atom. The second kappa shape index (κ2) is 7.19. The quantitative estimate of drug-likeness (QED) is 0.792. The number of hydrogen-bond donors (Lipinski definition) is 2. The van der Waals surface area contributed by atoms with E-state index in [1.54, 1.807) is 6.07 Å². The maximum atomic E-state index is 12.3. The lowest BCUT2D eigenvalue weighted by Gasteiger charge is -2.09.